The molecular weight excluding hydrogens is 366 g/mol. The standard InChI is InChI=1S/C19H17N3O4S/c1-10(23)12-4-3-5-14(8-12)21-17(24)11(2)26-18(25)13-6-7-15-16(9-13)27-19(20)22-15/h3-9,11H,1-2H3,(H2,20,22)(H,21,24). The Morgan fingerprint density at radius 3 is 2.67 bits per heavy atom. The predicted molar refractivity (Wildman–Crippen MR) is 104 cm³/mol. The zero-order valence-corrected chi connectivity index (χ0v) is 15.5. The molecule has 1 atom stereocenters. The van der Waals surface area contributed by atoms with Crippen molar-refractivity contribution in [2.75, 3.05) is 11.1 Å². The van der Waals surface area contributed by atoms with Crippen LogP contribution in [0.2, 0.25) is 0 Å². The van der Waals surface area contributed by atoms with Crippen LogP contribution in [-0.2, 0) is 9.53 Å². The predicted octanol–water partition coefficient (Wildman–Crippen LogP) is 3.27. The number of nitrogens with zero attached hydrogens (tertiary/aromatic N) is 1. The highest BCUT2D eigenvalue weighted by atomic mass is 32.1. The van der Waals surface area contributed by atoms with Crippen LogP contribution in [0.15, 0.2) is 42.5 Å². The van der Waals surface area contributed by atoms with E-state index in [1.165, 1.54) is 25.2 Å². The summed E-state index contributed by atoms with van der Waals surface area (Å²) >= 11 is 1.27. The number of nitrogens with two attached hydrogens (primary N) is 1. The van der Waals surface area contributed by atoms with Gasteiger partial charge in [-0.1, -0.05) is 23.5 Å². The number of esters is 1. The Hall–Kier alpha value is -3.26. The van der Waals surface area contributed by atoms with Crippen LogP contribution in [0.3, 0.4) is 0 Å². The Bertz CT molecular complexity index is 1040. The minimum atomic E-state index is -1.01. The first kappa shape index (κ1) is 18.5. The molecule has 0 saturated heterocycles. The monoisotopic (exact) mass is 383 g/mol. The van der Waals surface area contributed by atoms with E-state index in [9.17, 15) is 14.4 Å². The molecule has 27 heavy (non-hydrogen) atoms. The van der Waals surface area contributed by atoms with E-state index in [1.54, 1.807) is 42.5 Å². The van der Waals surface area contributed by atoms with Crippen molar-refractivity contribution < 1.29 is 19.1 Å². The molecule has 1 amide bonds. The molecule has 1 heterocycles. The van der Waals surface area contributed by atoms with E-state index in [0.717, 1.165) is 4.70 Å². The summed E-state index contributed by atoms with van der Waals surface area (Å²) in [7, 11) is 0. The molecule has 0 aliphatic carbocycles. The van der Waals surface area contributed by atoms with Crippen LogP contribution in [0.5, 0.6) is 0 Å². The first-order chi connectivity index (χ1) is 12.8. The van der Waals surface area contributed by atoms with Crippen LogP contribution in [0, 0.1) is 0 Å². The van der Waals surface area contributed by atoms with Gasteiger partial charge in [0, 0.05) is 11.3 Å². The Labute approximate surface area is 159 Å². The molecule has 1 unspecified atom stereocenters. The topological polar surface area (TPSA) is 111 Å². The molecule has 1 aromatic heterocycles. The molecule has 3 N–H and O–H groups in total. The number of amides is 1. The fourth-order valence-corrected chi connectivity index (χ4v) is 3.18. The van der Waals surface area contributed by atoms with Crippen LogP contribution in [0.1, 0.15) is 34.6 Å². The summed E-state index contributed by atoms with van der Waals surface area (Å²) in [5.74, 6) is -1.22. The second-order valence-corrected chi connectivity index (χ2v) is 6.97. The fourth-order valence-electron chi connectivity index (χ4n) is 2.41. The number of carbonyl (C=O) groups excluding carboxylic acids is 3. The zero-order chi connectivity index (χ0) is 19.6. The number of rotatable bonds is 5. The fraction of sp³-hybridized carbons (Fsp3) is 0.158. The van der Waals surface area contributed by atoms with E-state index >= 15 is 0 Å². The number of hydrogen-bond donors (Lipinski definition) is 2. The van der Waals surface area contributed by atoms with Crippen molar-refractivity contribution in [1.82, 2.24) is 4.98 Å². The first-order valence-electron chi connectivity index (χ1n) is 8.12. The molecule has 8 heteroatoms. The van der Waals surface area contributed by atoms with Crippen molar-refractivity contribution in [3.8, 4) is 0 Å². The minimum absolute atomic E-state index is 0.107. The van der Waals surface area contributed by atoms with Crippen LogP contribution in [0.4, 0.5) is 10.8 Å². The van der Waals surface area contributed by atoms with Crippen molar-refractivity contribution >= 4 is 50.0 Å². The van der Waals surface area contributed by atoms with E-state index < -0.39 is 18.0 Å². The van der Waals surface area contributed by atoms with Gasteiger partial charge in [0.2, 0.25) is 0 Å². The van der Waals surface area contributed by atoms with Gasteiger partial charge in [-0.3, -0.25) is 9.59 Å². The second kappa shape index (κ2) is 7.55. The third-order valence-corrected chi connectivity index (χ3v) is 4.68. The summed E-state index contributed by atoms with van der Waals surface area (Å²) in [5.41, 5.74) is 7.60. The lowest BCUT2D eigenvalue weighted by Gasteiger charge is -2.14. The van der Waals surface area contributed by atoms with Gasteiger partial charge >= 0.3 is 5.97 Å². The molecule has 0 saturated carbocycles. The van der Waals surface area contributed by atoms with E-state index in [2.05, 4.69) is 10.3 Å². The Balaban J connectivity index is 1.67. The smallest absolute Gasteiger partial charge is 0.338 e. The van der Waals surface area contributed by atoms with Crippen LogP contribution in [-0.4, -0.2) is 28.7 Å². The molecule has 0 fully saturated rings. The first-order valence-corrected chi connectivity index (χ1v) is 8.94. The summed E-state index contributed by atoms with van der Waals surface area (Å²) in [6, 6.07) is 11.4. The number of aromatic nitrogens is 1. The van der Waals surface area contributed by atoms with Crippen LogP contribution < -0.4 is 11.1 Å². The number of anilines is 2. The third-order valence-electron chi connectivity index (χ3n) is 3.83. The third kappa shape index (κ3) is 4.29. The van der Waals surface area contributed by atoms with Crippen LogP contribution in [0.25, 0.3) is 10.2 Å². The van der Waals surface area contributed by atoms with E-state index in [0.29, 0.717) is 27.5 Å². The lowest BCUT2D eigenvalue weighted by molar-refractivity contribution is -0.123. The number of fused-ring (bicyclic) bond motifs is 1. The maximum absolute atomic E-state index is 12.3. The number of carbonyl (C=O) groups is 3. The number of hydrogen-bond acceptors (Lipinski definition) is 7. The van der Waals surface area contributed by atoms with Gasteiger partial charge < -0.3 is 15.8 Å². The Morgan fingerprint density at radius 1 is 1.15 bits per heavy atom. The molecular formula is C19H17N3O4S. The summed E-state index contributed by atoms with van der Waals surface area (Å²) in [5, 5.41) is 3.05. The SMILES string of the molecule is CC(=O)c1cccc(NC(=O)C(C)OC(=O)c2ccc3nc(N)sc3c2)c1. The quantitative estimate of drug-likeness (QED) is 0.517. The Morgan fingerprint density at radius 2 is 1.93 bits per heavy atom. The number of ketones is 1. The largest absolute Gasteiger partial charge is 0.449 e. The highest BCUT2D eigenvalue weighted by Gasteiger charge is 2.20. The van der Waals surface area contributed by atoms with Gasteiger partial charge in [0.1, 0.15) is 0 Å². The highest BCUT2D eigenvalue weighted by Crippen LogP contribution is 2.25. The number of nitrogen functional groups attached to an aromatic ring is 1. The average molecular weight is 383 g/mol. The maximum atomic E-state index is 12.3. The van der Waals surface area contributed by atoms with Crippen molar-refractivity contribution in [2.45, 2.75) is 20.0 Å². The molecule has 3 rings (SSSR count). The van der Waals surface area contributed by atoms with Crippen molar-refractivity contribution in [3.63, 3.8) is 0 Å². The molecule has 2 aromatic carbocycles. The number of Topliss-reactive ketones (excluding diaryl/α,β-unsaturated/α-hetero) is 1. The van der Waals surface area contributed by atoms with Gasteiger partial charge in [0.05, 0.1) is 15.8 Å². The Kier molecular flexibility index (Phi) is 5.18. The molecule has 0 aliphatic rings. The lowest BCUT2D eigenvalue weighted by Crippen LogP contribution is -2.30. The number of nitrogens with one attached hydrogen (secondary N) is 1. The summed E-state index contributed by atoms with van der Waals surface area (Å²) in [6.45, 7) is 2.92. The van der Waals surface area contributed by atoms with Crippen molar-refractivity contribution in [2.24, 2.45) is 0 Å². The maximum Gasteiger partial charge on any atom is 0.338 e. The molecule has 0 radical (unpaired) electrons. The summed E-state index contributed by atoms with van der Waals surface area (Å²) in [4.78, 5) is 40.1. The van der Waals surface area contributed by atoms with Gasteiger partial charge in [-0.2, -0.15) is 0 Å². The molecule has 138 valence electrons. The average Bonchev–Trinajstić information content (AvgIpc) is 3.00. The summed E-state index contributed by atoms with van der Waals surface area (Å²) < 4.78 is 6.00. The van der Waals surface area contributed by atoms with Crippen molar-refractivity contribution in [3.05, 3.63) is 53.6 Å². The van der Waals surface area contributed by atoms with E-state index in [4.69, 9.17) is 10.5 Å². The summed E-state index contributed by atoms with van der Waals surface area (Å²) in [6.07, 6.45) is -1.01. The normalized spacial score (nSPS) is 11.8. The van der Waals surface area contributed by atoms with Gasteiger partial charge in [-0.15, -0.1) is 0 Å². The number of thiazole rings is 1. The van der Waals surface area contributed by atoms with E-state index in [1.807, 2.05) is 0 Å². The molecule has 3 aromatic rings. The zero-order valence-electron chi connectivity index (χ0n) is 14.7. The van der Waals surface area contributed by atoms with Crippen LogP contribution >= 0.6 is 11.3 Å². The molecule has 7 nitrogen and oxygen atoms in total. The van der Waals surface area contributed by atoms with Gasteiger partial charge in [0.15, 0.2) is 17.0 Å². The lowest BCUT2D eigenvalue weighted by atomic mass is 10.1. The molecule has 0 spiro atoms. The van der Waals surface area contributed by atoms with E-state index in [-0.39, 0.29) is 5.78 Å². The molecule has 0 aliphatic heterocycles. The van der Waals surface area contributed by atoms with Gasteiger partial charge in [-0.05, 0) is 44.2 Å². The number of benzene rings is 2. The van der Waals surface area contributed by atoms with Crippen molar-refractivity contribution in [1.29, 1.82) is 0 Å². The van der Waals surface area contributed by atoms with Gasteiger partial charge in [-0.25, -0.2) is 9.78 Å². The highest BCUT2D eigenvalue weighted by molar-refractivity contribution is 7.22. The molecule has 0 bridgehead atoms. The van der Waals surface area contributed by atoms with Gasteiger partial charge in [0.25, 0.3) is 5.91 Å². The second-order valence-electron chi connectivity index (χ2n) is 5.91. The number of ether oxygens (including phenoxy) is 1. The minimum Gasteiger partial charge on any atom is -0.449 e.